The van der Waals surface area contributed by atoms with Crippen LogP contribution in [-0.2, 0) is 16.6 Å². The van der Waals surface area contributed by atoms with Gasteiger partial charge in [0.2, 0.25) is 10.0 Å². The highest BCUT2D eigenvalue weighted by Crippen LogP contribution is 2.34. The highest BCUT2D eigenvalue weighted by atomic mass is 32.2. The van der Waals surface area contributed by atoms with E-state index in [1.54, 1.807) is 10.5 Å². The Kier molecular flexibility index (Phi) is 4.45. The zero-order chi connectivity index (χ0) is 18.1. The summed E-state index contributed by atoms with van der Waals surface area (Å²) in [5.74, 6) is -0.294. The number of nitrogens with one attached hydrogen (secondary N) is 1. The average Bonchev–Trinajstić information content (AvgIpc) is 3.41. The normalized spacial score (nSPS) is 20.5. The first-order valence-corrected chi connectivity index (χ1v) is 10.1. The van der Waals surface area contributed by atoms with Crippen molar-refractivity contribution in [2.45, 2.75) is 37.1 Å². The summed E-state index contributed by atoms with van der Waals surface area (Å²) in [5, 5.41) is 6.91. The van der Waals surface area contributed by atoms with E-state index in [0.29, 0.717) is 26.1 Å². The lowest BCUT2D eigenvalue weighted by Gasteiger charge is -2.33. The van der Waals surface area contributed by atoms with Gasteiger partial charge in [0.05, 0.1) is 29.7 Å². The highest BCUT2D eigenvalue weighted by Gasteiger charge is 2.42. The zero-order valence-corrected chi connectivity index (χ0v) is 15.0. The van der Waals surface area contributed by atoms with E-state index in [9.17, 15) is 13.2 Å². The van der Waals surface area contributed by atoms with Gasteiger partial charge in [0.15, 0.2) is 0 Å². The van der Waals surface area contributed by atoms with Crippen molar-refractivity contribution in [2.75, 3.05) is 13.1 Å². The topological polar surface area (TPSA) is 110 Å². The van der Waals surface area contributed by atoms with Crippen LogP contribution in [0.25, 0.3) is 0 Å². The van der Waals surface area contributed by atoms with Crippen molar-refractivity contribution >= 4 is 15.9 Å². The molecule has 1 aliphatic carbocycles. The van der Waals surface area contributed by atoms with Crippen molar-refractivity contribution < 1.29 is 13.2 Å². The molecule has 1 saturated carbocycles. The molecule has 1 N–H and O–H groups in total. The molecule has 0 aromatic carbocycles. The summed E-state index contributed by atoms with van der Waals surface area (Å²) in [6.45, 7) is 1.15. The average molecular weight is 376 g/mol. The molecule has 0 bridgehead atoms. The molecule has 0 unspecified atom stereocenters. The predicted octanol–water partition coefficient (Wildman–Crippen LogP) is 0.342. The predicted molar refractivity (Wildman–Crippen MR) is 92.6 cm³/mol. The van der Waals surface area contributed by atoms with Crippen LogP contribution in [0.3, 0.4) is 0 Å². The van der Waals surface area contributed by atoms with E-state index in [1.807, 2.05) is 10.7 Å². The molecule has 1 fully saturated rings. The summed E-state index contributed by atoms with van der Waals surface area (Å²) in [6.07, 6.45) is 8.14. The van der Waals surface area contributed by atoms with Crippen molar-refractivity contribution in [3.05, 3.63) is 42.2 Å². The number of nitrogens with zero attached hydrogens (tertiary/aromatic N) is 5. The second-order valence-corrected chi connectivity index (χ2v) is 8.81. The Labute approximate surface area is 151 Å². The second-order valence-electron chi connectivity index (χ2n) is 6.59. The summed E-state index contributed by atoms with van der Waals surface area (Å²) < 4.78 is 28.6. The minimum absolute atomic E-state index is 0.107. The van der Waals surface area contributed by atoms with Crippen LogP contribution in [0.5, 0.6) is 0 Å². The molecule has 3 heterocycles. The van der Waals surface area contributed by atoms with Crippen molar-refractivity contribution in [1.29, 1.82) is 0 Å². The fourth-order valence-corrected chi connectivity index (χ4v) is 5.04. The molecular formula is C16H20N6O3S. The van der Waals surface area contributed by atoms with E-state index < -0.39 is 10.0 Å². The van der Waals surface area contributed by atoms with Gasteiger partial charge in [-0.3, -0.25) is 14.5 Å². The standard InChI is InChI=1S/C16H20N6O3S/c23-16(15-9-17-7-8-18-15)19-5-3-12-10-21(26(24,25)14-1-2-14)11-13-4-6-20-22(12)13/h4,6-9,12,14H,1-3,5,10-11H2,(H,19,23)/t12-/m1/s1. The third-order valence-corrected chi connectivity index (χ3v) is 7.03. The summed E-state index contributed by atoms with van der Waals surface area (Å²) in [4.78, 5) is 19.9. The van der Waals surface area contributed by atoms with Crippen LogP contribution in [0.1, 0.15) is 41.5 Å². The Balaban J connectivity index is 1.41. The van der Waals surface area contributed by atoms with Crippen LogP contribution in [0.2, 0.25) is 0 Å². The van der Waals surface area contributed by atoms with Gasteiger partial charge in [-0.15, -0.1) is 0 Å². The van der Waals surface area contributed by atoms with Gasteiger partial charge in [-0.1, -0.05) is 0 Å². The maximum Gasteiger partial charge on any atom is 0.271 e. The van der Waals surface area contributed by atoms with E-state index in [2.05, 4.69) is 20.4 Å². The first kappa shape index (κ1) is 17.1. The fraction of sp³-hybridized carbons (Fsp3) is 0.500. The van der Waals surface area contributed by atoms with E-state index >= 15 is 0 Å². The Hall–Kier alpha value is -2.33. The number of hydrogen-bond acceptors (Lipinski definition) is 6. The lowest BCUT2D eigenvalue weighted by atomic mass is 10.1. The van der Waals surface area contributed by atoms with E-state index in [-0.39, 0.29) is 22.9 Å². The van der Waals surface area contributed by atoms with Gasteiger partial charge in [-0.05, 0) is 25.3 Å². The molecule has 2 aliphatic rings. The number of carbonyl (C=O) groups excluding carboxylic acids is 1. The minimum Gasteiger partial charge on any atom is -0.351 e. The summed E-state index contributed by atoms with van der Waals surface area (Å²) in [6, 6.07) is 1.74. The number of rotatable bonds is 6. The number of aromatic nitrogens is 4. The lowest BCUT2D eigenvalue weighted by molar-refractivity contribution is 0.0944. The molecule has 0 radical (unpaired) electrons. The quantitative estimate of drug-likeness (QED) is 0.779. The van der Waals surface area contributed by atoms with Gasteiger partial charge in [0, 0.05) is 31.7 Å². The molecule has 2 aromatic rings. The Bertz CT molecular complexity index is 894. The fourth-order valence-electron chi connectivity index (χ4n) is 3.20. The molecule has 1 aliphatic heterocycles. The largest absolute Gasteiger partial charge is 0.351 e. The maximum absolute atomic E-state index is 12.6. The molecule has 10 heteroatoms. The van der Waals surface area contributed by atoms with Crippen molar-refractivity contribution in [2.24, 2.45) is 0 Å². The van der Waals surface area contributed by atoms with Gasteiger partial charge in [-0.25, -0.2) is 13.4 Å². The number of amides is 1. The van der Waals surface area contributed by atoms with Crippen LogP contribution in [0.15, 0.2) is 30.9 Å². The Morgan fingerprint density at radius 2 is 2.12 bits per heavy atom. The first-order valence-electron chi connectivity index (χ1n) is 8.61. The number of sulfonamides is 1. The molecule has 9 nitrogen and oxygen atoms in total. The highest BCUT2D eigenvalue weighted by molar-refractivity contribution is 7.90. The van der Waals surface area contributed by atoms with Crippen molar-refractivity contribution in [3.63, 3.8) is 0 Å². The van der Waals surface area contributed by atoms with E-state index in [0.717, 1.165) is 18.5 Å². The smallest absolute Gasteiger partial charge is 0.271 e. The van der Waals surface area contributed by atoms with Crippen LogP contribution in [0, 0.1) is 0 Å². The molecule has 138 valence electrons. The first-order chi connectivity index (χ1) is 12.6. The number of carbonyl (C=O) groups is 1. The molecule has 1 amide bonds. The van der Waals surface area contributed by atoms with Crippen LogP contribution in [0.4, 0.5) is 0 Å². The molecule has 4 rings (SSSR count). The Morgan fingerprint density at radius 1 is 1.27 bits per heavy atom. The van der Waals surface area contributed by atoms with Gasteiger partial charge in [0.1, 0.15) is 5.69 Å². The summed E-state index contributed by atoms with van der Waals surface area (Å²) in [5.41, 5.74) is 1.14. The van der Waals surface area contributed by atoms with Crippen molar-refractivity contribution in [3.8, 4) is 0 Å². The Morgan fingerprint density at radius 3 is 2.85 bits per heavy atom. The minimum atomic E-state index is -3.24. The van der Waals surface area contributed by atoms with Crippen LogP contribution < -0.4 is 5.32 Å². The van der Waals surface area contributed by atoms with Gasteiger partial charge in [-0.2, -0.15) is 9.40 Å². The third-order valence-electron chi connectivity index (χ3n) is 4.72. The molecule has 1 atom stereocenters. The third kappa shape index (κ3) is 3.34. The second kappa shape index (κ2) is 6.76. The SMILES string of the molecule is O=C(NCC[C@@H]1CN(S(=O)(=O)C2CC2)Cc2ccnn21)c1cnccn1. The molecular weight excluding hydrogens is 356 g/mol. The van der Waals surface area contributed by atoms with Crippen molar-refractivity contribution in [1.82, 2.24) is 29.4 Å². The maximum atomic E-state index is 12.6. The van der Waals surface area contributed by atoms with Gasteiger partial charge >= 0.3 is 0 Å². The molecule has 0 spiro atoms. The molecule has 2 aromatic heterocycles. The lowest BCUT2D eigenvalue weighted by Crippen LogP contribution is -2.43. The van der Waals surface area contributed by atoms with Crippen LogP contribution >= 0.6 is 0 Å². The summed E-state index contributed by atoms with van der Waals surface area (Å²) in [7, 11) is -3.24. The molecule has 0 saturated heterocycles. The van der Waals surface area contributed by atoms with E-state index in [4.69, 9.17) is 0 Å². The zero-order valence-electron chi connectivity index (χ0n) is 14.2. The monoisotopic (exact) mass is 376 g/mol. The van der Waals surface area contributed by atoms with Crippen LogP contribution in [-0.4, -0.2) is 56.7 Å². The number of fused-ring (bicyclic) bond motifs is 1. The summed E-state index contributed by atoms with van der Waals surface area (Å²) >= 11 is 0. The number of hydrogen-bond donors (Lipinski definition) is 1. The van der Waals surface area contributed by atoms with Gasteiger partial charge < -0.3 is 5.32 Å². The molecule has 26 heavy (non-hydrogen) atoms. The van der Waals surface area contributed by atoms with E-state index in [1.165, 1.54) is 18.6 Å². The van der Waals surface area contributed by atoms with Gasteiger partial charge in [0.25, 0.3) is 5.91 Å².